The van der Waals surface area contributed by atoms with Crippen LogP contribution in [0.3, 0.4) is 0 Å². The molecule has 2 fully saturated rings. The minimum absolute atomic E-state index is 0.171. The molecule has 4 nitrogen and oxygen atoms in total. The summed E-state index contributed by atoms with van der Waals surface area (Å²) in [5.74, 6) is 0.171. The lowest BCUT2D eigenvalue weighted by atomic mass is 9.98. The van der Waals surface area contributed by atoms with Crippen molar-refractivity contribution in [1.29, 1.82) is 0 Å². The van der Waals surface area contributed by atoms with Crippen LogP contribution in [0.4, 0.5) is 0 Å². The van der Waals surface area contributed by atoms with E-state index in [2.05, 4.69) is 16.0 Å². The van der Waals surface area contributed by atoms with E-state index in [0.717, 1.165) is 39.0 Å². The van der Waals surface area contributed by atoms with Crippen LogP contribution in [0.2, 0.25) is 0 Å². The first kappa shape index (κ1) is 8.01. The lowest BCUT2D eigenvalue weighted by Crippen LogP contribution is -2.56. The van der Waals surface area contributed by atoms with Gasteiger partial charge < -0.3 is 16.0 Å². The van der Waals surface area contributed by atoms with E-state index < -0.39 is 0 Å². The predicted octanol–water partition coefficient (Wildman–Crippen LogP) is -1.17. The van der Waals surface area contributed by atoms with Crippen LogP contribution in [0.15, 0.2) is 0 Å². The Labute approximate surface area is 72.1 Å². The van der Waals surface area contributed by atoms with Gasteiger partial charge in [0.15, 0.2) is 0 Å². The molecule has 2 saturated heterocycles. The topological polar surface area (TPSA) is 53.2 Å². The maximum Gasteiger partial charge on any atom is 0.241 e. The highest BCUT2D eigenvalue weighted by atomic mass is 16.2. The molecule has 4 heteroatoms. The summed E-state index contributed by atoms with van der Waals surface area (Å²) in [6, 6.07) is 0. The summed E-state index contributed by atoms with van der Waals surface area (Å²) >= 11 is 0. The molecule has 2 aliphatic rings. The van der Waals surface area contributed by atoms with E-state index in [1.54, 1.807) is 0 Å². The van der Waals surface area contributed by atoms with Gasteiger partial charge in [-0.05, 0) is 25.9 Å². The average Bonchev–Trinajstić information content (AvgIpc) is 2.45. The van der Waals surface area contributed by atoms with Gasteiger partial charge in [-0.1, -0.05) is 0 Å². The Morgan fingerprint density at radius 2 is 2.17 bits per heavy atom. The maximum atomic E-state index is 11.6. The van der Waals surface area contributed by atoms with Gasteiger partial charge in [-0.15, -0.1) is 0 Å². The molecule has 0 aliphatic carbocycles. The highest BCUT2D eigenvalue weighted by Crippen LogP contribution is 2.16. The number of carbonyl (C=O) groups is 1. The molecule has 0 aromatic carbocycles. The van der Waals surface area contributed by atoms with Gasteiger partial charge in [0.25, 0.3) is 0 Å². The molecule has 2 heterocycles. The number of nitrogens with one attached hydrogen (secondary N) is 3. The van der Waals surface area contributed by atoms with Gasteiger partial charge in [-0.2, -0.15) is 0 Å². The maximum absolute atomic E-state index is 11.6. The molecule has 1 atom stereocenters. The molecule has 68 valence electrons. The van der Waals surface area contributed by atoms with E-state index in [4.69, 9.17) is 0 Å². The van der Waals surface area contributed by atoms with Gasteiger partial charge in [0.05, 0.1) is 0 Å². The Balaban J connectivity index is 2.13. The molecule has 1 unspecified atom stereocenters. The fraction of sp³-hybridized carbons (Fsp3) is 0.875. The van der Waals surface area contributed by atoms with E-state index >= 15 is 0 Å². The minimum atomic E-state index is -0.295. The van der Waals surface area contributed by atoms with Crippen molar-refractivity contribution in [1.82, 2.24) is 16.0 Å². The summed E-state index contributed by atoms with van der Waals surface area (Å²) in [5, 5.41) is 9.49. The van der Waals surface area contributed by atoms with Gasteiger partial charge in [0.1, 0.15) is 5.54 Å². The van der Waals surface area contributed by atoms with Gasteiger partial charge in [-0.3, -0.25) is 4.79 Å². The second-order valence-electron chi connectivity index (χ2n) is 3.55. The zero-order chi connectivity index (χ0) is 8.44. The molecule has 12 heavy (non-hydrogen) atoms. The molecular formula is C8H15N3O. The highest BCUT2D eigenvalue weighted by molar-refractivity contribution is 5.87. The van der Waals surface area contributed by atoms with Gasteiger partial charge >= 0.3 is 0 Å². The van der Waals surface area contributed by atoms with Crippen molar-refractivity contribution in [2.45, 2.75) is 18.4 Å². The number of rotatable bonds is 0. The summed E-state index contributed by atoms with van der Waals surface area (Å²) in [5.41, 5.74) is -0.295. The van der Waals surface area contributed by atoms with Crippen molar-refractivity contribution in [2.75, 3.05) is 26.2 Å². The van der Waals surface area contributed by atoms with Gasteiger partial charge in [0.2, 0.25) is 5.91 Å². The molecular weight excluding hydrogens is 154 g/mol. The van der Waals surface area contributed by atoms with Gasteiger partial charge in [-0.25, -0.2) is 0 Å². The Morgan fingerprint density at radius 3 is 2.92 bits per heavy atom. The monoisotopic (exact) mass is 169 g/mol. The van der Waals surface area contributed by atoms with Crippen LogP contribution >= 0.6 is 0 Å². The van der Waals surface area contributed by atoms with Crippen LogP contribution in [0.5, 0.6) is 0 Å². The fourth-order valence-electron chi connectivity index (χ4n) is 1.90. The Hall–Kier alpha value is -0.610. The quantitative estimate of drug-likeness (QED) is 0.428. The molecule has 3 N–H and O–H groups in total. The van der Waals surface area contributed by atoms with Crippen molar-refractivity contribution in [3.8, 4) is 0 Å². The third-order valence-electron chi connectivity index (χ3n) is 2.69. The number of hydrogen-bond acceptors (Lipinski definition) is 3. The molecule has 1 amide bonds. The van der Waals surface area contributed by atoms with E-state index in [1.165, 1.54) is 0 Å². The van der Waals surface area contributed by atoms with Crippen molar-refractivity contribution < 1.29 is 4.79 Å². The lowest BCUT2D eigenvalue weighted by Gasteiger charge is -2.25. The van der Waals surface area contributed by atoms with Crippen LogP contribution in [0, 0.1) is 0 Å². The van der Waals surface area contributed by atoms with Crippen molar-refractivity contribution in [3.63, 3.8) is 0 Å². The van der Waals surface area contributed by atoms with E-state index in [9.17, 15) is 4.79 Å². The van der Waals surface area contributed by atoms with Crippen molar-refractivity contribution in [2.24, 2.45) is 0 Å². The Kier molecular flexibility index (Phi) is 2.02. The molecule has 0 saturated carbocycles. The molecule has 0 bridgehead atoms. The van der Waals surface area contributed by atoms with Crippen LogP contribution in [-0.4, -0.2) is 37.6 Å². The van der Waals surface area contributed by atoms with Crippen LogP contribution in [-0.2, 0) is 4.79 Å². The Bertz CT molecular complexity index is 187. The third kappa shape index (κ3) is 1.21. The van der Waals surface area contributed by atoms with Crippen LogP contribution < -0.4 is 16.0 Å². The van der Waals surface area contributed by atoms with E-state index in [0.29, 0.717) is 0 Å². The fourth-order valence-corrected chi connectivity index (χ4v) is 1.90. The summed E-state index contributed by atoms with van der Waals surface area (Å²) in [6.45, 7) is 3.48. The summed E-state index contributed by atoms with van der Waals surface area (Å²) in [4.78, 5) is 11.6. The lowest BCUT2D eigenvalue weighted by molar-refractivity contribution is -0.126. The van der Waals surface area contributed by atoms with E-state index in [1.807, 2.05) is 0 Å². The SMILES string of the molecule is O=C1NCCCNC12CCNC2. The van der Waals surface area contributed by atoms with E-state index in [-0.39, 0.29) is 11.4 Å². The first-order valence-corrected chi connectivity index (χ1v) is 4.58. The third-order valence-corrected chi connectivity index (χ3v) is 2.69. The Morgan fingerprint density at radius 1 is 1.25 bits per heavy atom. The number of carbonyl (C=O) groups excluding carboxylic acids is 1. The second kappa shape index (κ2) is 3.03. The smallest absolute Gasteiger partial charge is 0.241 e. The van der Waals surface area contributed by atoms with Crippen LogP contribution in [0.25, 0.3) is 0 Å². The predicted molar refractivity (Wildman–Crippen MR) is 45.8 cm³/mol. The summed E-state index contributed by atoms with van der Waals surface area (Å²) in [7, 11) is 0. The van der Waals surface area contributed by atoms with Crippen LogP contribution in [0.1, 0.15) is 12.8 Å². The average molecular weight is 169 g/mol. The summed E-state index contributed by atoms with van der Waals surface area (Å²) in [6.07, 6.45) is 1.95. The summed E-state index contributed by atoms with van der Waals surface area (Å²) < 4.78 is 0. The normalized spacial score (nSPS) is 36.5. The standard InChI is InChI=1S/C8H15N3O/c12-7-8(2-5-9-6-8)11-4-1-3-10-7/h9,11H,1-6H2,(H,10,12). The number of hydrogen-bond donors (Lipinski definition) is 3. The molecule has 0 aromatic heterocycles. The molecule has 2 rings (SSSR count). The highest BCUT2D eigenvalue weighted by Gasteiger charge is 2.41. The number of amides is 1. The molecule has 0 aromatic rings. The van der Waals surface area contributed by atoms with Crippen molar-refractivity contribution in [3.05, 3.63) is 0 Å². The first-order valence-electron chi connectivity index (χ1n) is 4.58. The second-order valence-corrected chi connectivity index (χ2v) is 3.55. The first-order chi connectivity index (χ1) is 5.83. The largest absolute Gasteiger partial charge is 0.354 e. The van der Waals surface area contributed by atoms with Gasteiger partial charge in [0, 0.05) is 13.1 Å². The molecule has 2 aliphatic heterocycles. The zero-order valence-electron chi connectivity index (χ0n) is 7.15. The molecule has 0 radical (unpaired) electrons. The molecule has 1 spiro atoms. The van der Waals surface area contributed by atoms with Crippen molar-refractivity contribution >= 4 is 5.91 Å². The minimum Gasteiger partial charge on any atom is -0.354 e. The zero-order valence-corrected chi connectivity index (χ0v) is 7.15.